The first-order chi connectivity index (χ1) is 9.02. The van der Waals surface area contributed by atoms with Crippen molar-refractivity contribution in [3.8, 4) is 5.75 Å². The smallest absolute Gasteiger partial charge is 0.132 e. The van der Waals surface area contributed by atoms with E-state index < -0.39 is 6.10 Å². The molecule has 0 saturated carbocycles. The van der Waals surface area contributed by atoms with Crippen LogP contribution in [0.3, 0.4) is 0 Å². The highest BCUT2D eigenvalue weighted by molar-refractivity contribution is 9.10. The second-order valence-corrected chi connectivity index (χ2v) is 5.17. The van der Waals surface area contributed by atoms with Gasteiger partial charge in [-0.1, -0.05) is 19.1 Å². The normalized spacial score (nSPS) is 12.4. The van der Waals surface area contributed by atoms with Crippen molar-refractivity contribution in [2.45, 2.75) is 19.4 Å². The highest BCUT2D eigenvalue weighted by atomic mass is 79.9. The molecule has 0 radical (unpaired) electrons. The highest BCUT2D eigenvalue weighted by Crippen LogP contribution is 2.33. The molecule has 19 heavy (non-hydrogen) atoms. The number of phenols is 1. The molecule has 0 amide bonds. The van der Waals surface area contributed by atoms with Crippen molar-refractivity contribution in [2.24, 2.45) is 0 Å². The van der Waals surface area contributed by atoms with Crippen LogP contribution in [0.5, 0.6) is 5.75 Å². The molecular weight excluding hydrogens is 311 g/mol. The summed E-state index contributed by atoms with van der Waals surface area (Å²) in [7, 11) is 0. The molecule has 0 spiro atoms. The van der Waals surface area contributed by atoms with Crippen molar-refractivity contribution in [2.75, 3.05) is 0 Å². The van der Waals surface area contributed by atoms with Crippen LogP contribution in [-0.4, -0.2) is 10.2 Å². The molecule has 2 N–H and O–H groups in total. The molecule has 0 aliphatic carbocycles. The van der Waals surface area contributed by atoms with Crippen LogP contribution in [0.25, 0.3) is 0 Å². The Labute approximate surface area is 119 Å². The predicted molar refractivity (Wildman–Crippen MR) is 75.6 cm³/mol. The van der Waals surface area contributed by atoms with E-state index in [9.17, 15) is 14.6 Å². The van der Waals surface area contributed by atoms with Gasteiger partial charge in [0.25, 0.3) is 0 Å². The Morgan fingerprint density at radius 3 is 2.37 bits per heavy atom. The summed E-state index contributed by atoms with van der Waals surface area (Å²) >= 11 is 3.27. The third-order valence-electron chi connectivity index (χ3n) is 3.05. The lowest BCUT2D eigenvalue weighted by Crippen LogP contribution is -2.01. The molecule has 1 atom stereocenters. The van der Waals surface area contributed by atoms with Crippen LogP contribution in [0.15, 0.2) is 40.9 Å². The Morgan fingerprint density at radius 2 is 1.79 bits per heavy atom. The lowest BCUT2D eigenvalue weighted by Gasteiger charge is -2.14. The molecule has 1 unspecified atom stereocenters. The average Bonchev–Trinajstić information content (AvgIpc) is 2.41. The van der Waals surface area contributed by atoms with Gasteiger partial charge >= 0.3 is 0 Å². The summed E-state index contributed by atoms with van der Waals surface area (Å²) in [5, 5.41) is 20.1. The molecule has 4 heteroatoms. The van der Waals surface area contributed by atoms with Gasteiger partial charge in [0.15, 0.2) is 0 Å². The Bertz CT molecular complexity index is 581. The van der Waals surface area contributed by atoms with Gasteiger partial charge < -0.3 is 10.2 Å². The summed E-state index contributed by atoms with van der Waals surface area (Å²) in [6.45, 7) is 1.93. The van der Waals surface area contributed by atoms with Gasteiger partial charge in [-0.25, -0.2) is 4.39 Å². The van der Waals surface area contributed by atoms with Gasteiger partial charge in [0.1, 0.15) is 17.7 Å². The minimum Gasteiger partial charge on any atom is -0.506 e. The minimum atomic E-state index is -0.845. The number of rotatable bonds is 3. The van der Waals surface area contributed by atoms with Crippen LogP contribution < -0.4 is 0 Å². The summed E-state index contributed by atoms with van der Waals surface area (Å²) in [4.78, 5) is 0. The van der Waals surface area contributed by atoms with Crippen molar-refractivity contribution in [1.82, 2.24) is 0 Å². The molecule has 0 aromatic heterocycles. The summed E-state index contributed by atoms with van der Waals surface area (Å²) < 4.78 is 13.4. The zero-order valence-corrected chi connectivity index (χ0v) is 12.0. The van der Waals surface area contributed by atoms with Crippen molar-refractivity contribution in [3.05, 3.63) is 63.4 Å². The number of aliphatic hydroxyl groups is 1. The third kappa shape index (κ3) is 2.96. The zero-order valence-electron chi connectivity index (χ0n) is 10.4. The van der Waals surface area contributed by atoms with Crippen molar-refractivity contribution < 1.29 is 14.6 Å². The Kier molecular flexibility index (Phi) is 4.22. The number of halogens is 2. The van der Waals surface area contributed by atoms with E-state index >= 15 is 0 Å². The van der Waals surface area contributed by atoms with Crippen molar-refractivity contribution in [3.63, 3.8) is 0 Å². The first-order valence-corrected chi connectivity index (χ1v) is 6.77. The molecule has 0 aliphatic rings. The summed E-state index contributed by atoms with van der Waals surface area (Å²) in [5.41, 5.74) is 2.03. The largest absolute Gasteiger partial charge is 0.506 e. The maximum Gasteiger partial charge on any atom is 0.132 e. The molecule has 0 heterocycles. The average molecular weight is 325 g/mol. The molecule has 0 fully saturated rings. The van der Waals surface area contributed by atoms with Crippen molar-refractivity contribution in [1.29, 1.82) is 0 Å². The van der Waals surface area contributed by atoms with Crippen LogP contribution in [-0.2, 0) is 6.42 Å². The number of aliphatic hydroxyl groups excluding tert-OH is 1. The summed E-state index contributed by atoms with van der Waals surface area (Å²) in [6.07, 6.45) is -0.184. The van der Waals surface area contributed by atoms with Gasteiger partial charge in [-0.15, -0.1) is 0 Å². The van der Waals surface area contributed by atoms with Crippen LogP contribution in [0.4, 0.5) is 4.39 Å². The number of benzene rings is 2. The zero-order chi connectivity index (χ0) is 14.0. The number of phenolic OH excluding ortho intramolecular Hbond substituents is 1. The Morgan fingerprint density at radius 1 is 1.16 bits per heavy atom. The molecule has 2 rings (SSSR count). The molecule has 2 nitrogen and oxygen atoms in total. The van der Waals surface area contributed by atoms with Gasteiger partial charge in [0.2, 0.25) is 0 Å². The second-order valence-electron chi connectivity index (χ2n) is 4.32. The second kappa shape index (κ2) is 5.72. The maximum atomic E-state index is 12.9. The molecule has 2 aromatic carbocycles. The molecule has 0 bridgehead atoms. The van der Waals surface area contributed by atoms with E-state index in [0.29, 0.717) is 22.0 Å². The first kappa shape index (κ1) is 14.0. The van der Waals surface area contributed by atoms with Gasteiger partial charge in [0.05, 0.1) is 4.47 Å². The van der Waals surface area contributed by atoms with Gasteiger partial charge in [-0.3, -0.25) is 0 Å². The van der Waals surface area contributed by atoms with E-state index in [2.05, 4.69) is 15.9 Å². The quantitative estimate of drug-likeness (QED) is 0.897. The lowest BCUT2D eigenvalue weighted by molar-refractivity contribution is 0.220. The summed E-state index contributed by atoms with van der Waals surface area (Å²) in [5.74, 6) is -0.144. The third-order valence-corrected chi connectivity index (χ3v) is 3.65. The van der Waals surface area contributed by atoms with Gasteiger partial charge in [0, 0.05) is 0 Å². The molecule has 2 aromatic rings. The van der Waals surface area contributed by atoms with E-state index in [1.807, 2.05) is 6.92 Å². The van der Waals surface area contributed by atoms with E-state index in [0.717, 1.165) is 5.56 Å². The maximum absolute atomic E-state index is 12.9. The van der Waals surface area contributed by atoms with E-state index in [4.69, 9.17) is 0 Å². The van der Waals surface area contributed by atoms with Crippen LogP contribution in [0, 0.1) is 5.82 Å². The molecule has 100 valence electrons. The standard InChI is InChI=1S/C15H14BrFO2/c1-2-9-7-11(8-13(16)15(9)19)14(18)10-3-5-12(17)6-4-10/h3-8,14,18-19H,2H2,1H3. The van der Waals surface area contributed by atoms with Crippen LogP contribution in [0.1, 0.15) is 29.7 Å². The fraction of sp³-hybridized carbons (Fsp3) is 0.200. The minimum absolute atomic E-state index is 0.192. The number of hydrogen-bond acceptors (Lipinski definition) is 2. The van der Waals surface area contributed by atoms with Crippen LogP contribution in [0.2, 0.25) is 0 Å². The fourth-order valence-electron chi connectivity index (χ4n) is 1.94. The van der Waals surface area contributed by atoms with E-state index in [1.165, 1.54) is 12.1 Å². The number of aromatic hydroxyl groups is 1. The first-order valence-electron chi connectivity index (χ1n) is 5.97. The topological polar surface area (TPSA) is 40.5 Å². The van der Waals surface area contributed by atoms with Gasteiger partial charge in [-0.05, 0) is 63.3 Å². The summed E-state index contributed by atoms with van der Waals surface area (Å²) in [6, 6.07) is 9.15. The van der Waals surface area contributed by atoms with Crippen molar-refractivity contribution >= 4 is 15.9 Å². The molecular formula is C15H14BrFO2. The van der Waals surface area contributed by atoms with Gasteiger partial charge in [-0.2, -0.15) is 0 Å². The number of hydrogen-bond donors (Lipinski definition) is 2. The molecule has 0 saturated heterocycles. The van der Waals surface area contributed by atoms with Crippen LogP contribution >= 0.6 is 15.9 Å². The highest BCUT2D eigenvalue weighted by Gasteiger charge is 2.14. The SMILES string of the molecule is CCc1cc(C(O)c2ccc(F)cc2)cc(Br)c1O. The Hall–Kier alpha value is -1.39. The predicted octanol–water partition coefficient (Wildman–Crippen LogP) is 3.94. The van der Waals surface area contributed by atoms with E-state index in [1.54, 1.807) is 24.3 Å². The monoisotopic (exact) mass is 324 g/mol. The Balaban J connectivity index is 2.41. The lowest BCUT2D eigenvalue weighted by atomic mass is 9.98. The fourth-order valence-corrected chi connectivity index (χ4v) is 2.46. The van der Waals surface area contributed by atoms with E-state index in [-0.39, 0.29) is 11.6 Å². The number of aryl methyl sites for hydroxylation is 1. The molecule has 0 aliphatic heterocycles.